The van der Waals surface area contributed by atoms with E-state index in [0.717, 1.165) is 11.1 Å². The van der Waals surface area contributed by atoms with Crippen molar-refractivity contribution in [2.24, 2.45) is 0 Å². The Morgan fingerprint density at radius 3 is 1.95 bits per heavy atom. The average molecular weight is 285 g/mol. The second-order valence-corrected chi connectivity index (χ2v) is 4.36. The van der Waals surface area contributed by atoms with Gasteiger partial charge in [0.05, 0.1) is 25.3 Å². The summed E-state index contributed by atoms with van der Waals surface area (Å²) in [4.78, 5) is 22.9. The molecule has 0 fully saturated rings. The third kappa shape index (κ3) is 3.02. The van der Waals surface area contributed by atoms with Crippen LogP contribution in [0.4, 0.5) is 5.69 Å². The fourth-order valence-electron chi connectivity index (χ4n) is 1.95. The SMILES string of the molecule is COC(=O)c1ccc(-c2ccc(C(=O)OC)c(N)c2)cc1. The van der Waals surface area contributed by atoms with Crippen LogP contribution < -0.4 is 5.73 Å². The van der Waals surface area contributed by atoms with Gasteiger partial charge in [0.25, 0.3) is 0 Å². The quantitative estimate of drug-likeness (QED) is 0.692. The van der Waals surface area contributed by atoms with Crippen LogP contribution in [0.2, 0.25) is 0 Å². The second-order valence-electron chi connectivity index (χ2n) is 4.36. The molecule has 5 heteroatoms. The van der Waals surface area contributed by atoms with Crippen molar-refractivity contribution >= 4 is 17.6 Å². The van der Waals surface area contributed by atoms with Crippen LogP contribution in [0.3, 0.4) is 0 Å². The zero-order valence-electron chi connectivity index (χ0n) is 11.8. The second kappa shape index (κ2) is 6.09. The van der Waals surface area contributed by atoms with E-state index in [4.69, 9.17) is 5.73 Å². The monoisotopic (exact) mass is 285 g/mol. The Bertz CT molecular complexity index is 677. The molecule has 2 N–H and O–H groups in total. The van der Waals surface area contributed by atoms with Gasteiger partial charge in [-0.15, -0.1) is 0 Å². The summed E-state index contributed by atoms with van der Waals surface area (Å²) in [5.74, 6) is -0.859. The molecule has 0 atom stereocenters. The van der Waals surface area contributed by atoms with E-state index in [1.807, 2.05) is 0 Å². The van der Waals surface area contributed by atoms with Crippen LogP contribution in [0.1, 0.15) is 20.7 Å². The first-order chi connectivity index (χ1) is 10.1. The molecule has 0 heterocycles. The fraction of sp³-hybridized carbons (Fsp3) is 0.125. The number of anilines is 1. The van der Waals surface area contributed by atoms with Crippen LogP contribution in [-0.4, -0.2) is 26.2 Å². The van der Waals surface area contributed by atoms with E-state index < -0.39 is 5.97 Å². The van der Waals surface area contributed by atoms with Gasteiger partial charge in [-0.25, -0.2) is 9.59 Å². The van der Waals surface area contributed by atoms with Gasteiger partial charge in [-0.3, -0.25) is 0 Å². The van der Waals surface area contributed by atoms with Crippen molar-refractivity contribution in [2.75, 3.05) is 20.0 Å². The molecule has 2 aromatic rings. The number of hydrogen-bond donors (Lipinski definition) is 1. The number of methoxy groups -OCH3 is 2. The summed E-state index contributed by atoms with van der Waals surface area (Å²) < 4.78 is 9.29. The Morgan fingerprint density at radius 1 is 0.857 bits per heavy atom. The lowest BCUT2D eigenvalue weighted by molar-refractivity contribution is 0.0592. The highest BCUT2D eigenvalue weighted by atomic mass is 16.5. The molecule has 0 aromatic heterocycles. The molecule has 0 aliphatic heterocycles. The van der Waals surface area contributed by atoms with Crippen LogP contribution in [0.5, 0.6) is 0 Å². The van der Waals surface area contributed by atoms with Crippen LogP contribution in [0.25, 0.3) is 11.1 Å². The maximum absolute atomic E-state index is 11.5. The number of rotatable bonds is 3. The first-order valence-electron chi connectivity index (χ1n) is 6.23. The Hall–Kier alpha value is -2.82. The molecule has 0 saturated carbocycles. The number of esters is 2. The predicted molar refractivity (Wildman–Crippen MR) is 79.0 cm³/mol. The summed E-state index contributed by atoms with van der Waals surface area (Å²) in [5.41, 5.74) is 8.73. The maximum Gasteiger partial charge on any atom is 0.339 e. The van der Waals surface area contributed by atoms with Gasteiger partial charge in [0.1, 0.15) is 0 Å². The smallest absolute Gasteiger partial charge is 0.339 e. The van der Waals surface area contributed by atoms with E-state index in [9.17, 15) is 9.59 Å². The number of ether oxygens (including phenoxy) is 2. The molecule has 2 rings (SSSR count). The summed E-state index contributed by atoms with van der Waals surface area (Å²) in [7, 11) is 2.64. The van der Waals surface area contributed by atoms with Crippen molar-refractivity contribution in [1.82, 2.24) is 0 Å². The first-order valence-corrected chi connectivity index (χ1v) is 6.23. The summed E-state index contributed by atoms with van der Waals surface area (Å²) in [6.07, 6.45) is 0. The Morgan fingerprint density at radius 2 is 1.43 bits per heavy atom. The number of benzene rings is 2. The number of nitrogens with two attached hydrogens (primary N) is 1. The van der Waals surface area contributed by atoms with Gasteiger partial charge in [-0.05, 0) is 35.4 Å². The van der Waals surface area contributed by atoms with E-state index in [1.165, 1.54) is 14.2 Å². The highest BCUT2D eigenvalue weighted by Crippen LogP contribution is 2.25. The third-order valence-electron chi connectivity index (χ3n) is 3.10. The van der Waals surface area contributed by atoms with Gasteiger partial charge >= 0.3 is 11.9 Å². The Kier molecular flexibility index (Phi) is 4.23. The van der Waals surface area contributed by atoms with Gasteiger partial charge in [0.15, 0.2) is 0 Å². The molecule has 0 aliphatic carbocycles. The van der Waals surface area contributed by atoms with E-state index in [0.29, 0.717) is 16.8 Å². The van der Waals surface area contributed by atoms with Crippen molar-refractivity contribution in [3.05, 3.63) is 53.6 Å². The van der Waals surface area contributed by atoms with Crippen LogP contribution in [0, 0.1) is 0 Å². The van der Waals surface area contributed by atoms with E-state index in [1.54, 1.807) is 42.5 Å². The largest absolute Gasteiger partial charge is 0.465 e. The number of carbonyl (C=O) groups is 2. The number of nitrogen functional groups attached to an aromatic ring is 1. The van der Waals surface area contributed by atoms with E-state index in [2.05, 4.69) is 9.47 Å². The van der Waals surface area contributed by atoms with Crippen LogP contribution >= 0.6 is 0 Å². The highest BCUT2D eigenvalue weighted by molar-refractivity contribution is 5.96. The Labute approximate surface area is 122 Å². The fourth-order valence-corrected chi connectivity index (χ4v) is 1.95. The van der Waals surface area contributed by atoms with Crippen molar-refractivity contribution < 1.29 is 19.1 Å². The zero-order chi connectivity index (χ0) is 15.4. The summed E-state index contributed by atoms with van der Waals surface area (Å²) >= 11 is 0. The number of carbonyl (C=O) groups excluding carboxylic acids is 2. The Balaban J connectivity index is 2.32. The van der Waals surface area contributed by atoms with Crippen molar-refractivity contribution in [1.29, 1.82) is 0 Å². The van der Waals surface area contributed by atoms with Crippen molar-refractivity contribution in [2.45, 2.75) is 0 Å². The average Bonchev–Trinajstić information content (AvgIpc) is 2.53. The minimum atomic E-state index is -0.472. The summed E-state index contributed by atoms with van der Waals surface area (Å²) in [6, 6.07) is 12.0. The molecule has 0 unspecified atom stereocenters. The highest BCUT2D eigenvalue weighted by Gasteiger charge is 2.11. The predicted octanol–water partition coefficient (Wildman–Crippen LogP) is 2.51. The lowest BCUT2D eigenvalue weighted by atomic mass is 10.0. The standard InChI is InChI=1S/C16H15NO4/c1-20-15(18)11-5-3-10(4-6-11)12-7-8-13(14(17)9-12)16(19)21-2/h3-9H,17H2,1-2H3. The van der Waals surface area contributed by atoms with Gasteiger partial charge in [-0.1, -0.05) is 18.2 Å². The molecule has 2 aromatic carbocycles. The summed E-state index contributed by atoms with van der Waals surface area (Å²) in [6.45, 7) is 0. The topological polar surface area (TPSA) is 78.6 Å². The molecule has 21 heavy (non-hydrogen) atoms. The van der Waals surface area contributed by atoms with Gasteiger partial charge in [0.2, 0.25) is 0 Å². The van der Waals surface area contributed by atoms with Gasteiger partial charge in [0, 0.05) is 5.69 Å². The lowest BCUT2D eigenvalue weighted by Crippen LogP contribution is -2.05. The normalized spacial score (nSPS) is 10.0. The zero-order valence-corrected chi connectivity index (χ0v) is 11.8. The first kappa shape index (κ1) is 14.6. The molecular weight excluding hydrogens is 270 g/mol. The molecule has 5 nitrogen and oxygen atoms in total. The molecule has 0 aliphatic rings. The molecule has 0 amide bonds. The molecule has 0 bridgehead atoms. The molecule has 0 radical (unpaired) electrons. The minimum absolute atomic E-state index is 0.326. The number of hydrogen-bond acceptors (Lipinski definition) is 5. The van der Waals surface area contributed by atoms with Gasteiger partial charge in [-0.2, -0.15) is 0 Å². The van der Waals surface area contributed by atoms with Gasteiger partial charge < -0.3 is 15.2 Å². The van der Waals surface area contributed by atoms with E-state index in [-0.39, 0.29) is 5.97 Å². The van der Waals surface area contributed by atoms with Crippen LogP contribution in [-0.2, 0) is 9.47 Å². The van der Waals surface area contributed by atoms with Crippen LogP contribution in [0.15, 0.2) is 42.5 Å². The third-order valence-corrected chi connectivity index (χ3v) is 3.10. The van der Waals surface area contributed by atoms with Crippen molar-refractivity contribution in [3.63, 3.8) is 0 Å². The minimum Gasteiger partial charge on any atom is -0.465 e. The molecular formula is C16H15NO4. The molecule has 0 spiro atoms. The van der Waals surface area contributed by atoms with Crippen molar-refractivity contribution in [3.8, 4) is 11.1 Å². The molecule has 108 valence electrons. The lowest BCUT2D eigenvalue weighted by Gasteiger charge is -2.08. The maximum atomic E-state index is 11.5. The van der Waals surface area contributed by atoms with E-state index >= 15 is 0 Å². The molecule has 0 saturated heterocycles. The summed E-state index contributed by atoms with van der Waals surface area (Å²) in [5, 5.41) is 0.